The first-order valence-corrected chi connectivity index (χ1v) is 5.56. The van der Waals surface area contributed by atoms with Gasteiger partial charge < -0.3 is 15.2 Å². The summed E-state index contributed by atoms with van der Waals surface area (Å²) in [5, 5.41) is 11.2. The van der Waals surface area contributed by atoms with Crippen molar-refractivity contribution in [1.29, 1.82) is 0 Å². The summed E-state index contributed by atoms with van der Waals surface area (Å²) in [6, 6.07) is 1.95. The average Bonchev–Trinajstić information content (AvgIpc) is 2.36. The standard InChI is InChI=1S/C12H13F3N2O3/c1-20-7-6-16-11-8(3-5-10(18)19)2-4-9(17-11)12(13,14)15/h2-5H,6-7H2,1H3,(H,16,17)(H,18,19)/b5-3+. The Morgan fingerprint density at radius 2 is 2.20 bits per heavy atom. The Morgan fingerprint density at radius 1 is 1.50 bits per heavy atom. The minimum Gasteiger partial charge on any atom is -0.478 e. The second-order valence-electron chi connectivity index (χ2n) is 3.72. The number of hydrogen-bond donors (Lipinski definition) is 2. The number of nitrogens with one attached hydrogen (secondary N) is 1. The third-order valence-electron chi connectivity index (χ3n) is 2.22. The molecule has 0 radical (unpaired) electrons. The van der Waals surface area contributed by atoms with Crippen molar-refractivity contribution in [2.75, 3.05) is 25.6 Å². The Labute approximate surface area is 113 Å². The Kier molecular flexibility index (Phi) is 5.51. The average molecular weight is 290 g/mol. The van der Waals surface area contributed by atoms with Crippen molar-refractivity contribution in [3.05, 3.63) is 29.5 Å². The maximum atomic E-state index is 12.6. The van der Waals surface area contributed by atoms with E-state index in [1.165, 1.54) is 13.2 Å². The largest absolute Gasteiger partial charge is 0.478 e. The SMILES string of the molecule is COCCNc1nc(C(F)(F)F)ccc1/C=C/C(=O)O. The van der Waals surface area contributed by atoms with Gasteiger partial charge in [0.1, 0.15) is 11.5 Å². The molecule has 0 spiro atoms. The van der Waals surface area contributed by atoms with E-state index in [2.05, 4.69) is 10.3 Å². The van der Waals surface area contributed by atoms with Gasteiger partial charge in [-0.3, -0.25) is 0 Å². The number of carbonyl (C=O) groups is 1. The van der Waals surface area contributed by atoms with E-state index >= 15 is 0 Å². The Morgan fingerprint density at radius 3 is 2.75 bits per heavy atom. The molecule has 0 aliphatic rings. The summed E-state index contributed by atoms with van der Waals surface area (Å²) in [5.41, 5.74) is -0.804. The van der Waals surface area contributed by atoms with Gasteiger partial charge >= 0.3 is 12.1 Å². The predicted molar refractivity (Wildman–Crippen MR) is 66.3 cm³/mol. The van der Waals surface area contributed by atoms with Crippen molar-refractivity contribution >= 4 is 17.9 Å². The normalized spacial score (nSPS) is 11.8. The summed E-state index contributed by atoms with van der Waals surface area (Å²) in [5.74, 6) is -1.25. The predicted octanol–water partition coefficient (Wildman–Crippen LogP) is 2.26. The van der Waals surface area contributed by atoms with Crippen LogP contribution < -0.4 is 5.32 Å². The summed E-state index contributed by atoms with van der Waals surface area (Å²) >= 11 is 0. The first kappa shape index (κ1) is 16.0. The summed E-state index contributed by atoms with van der Waals surface area (Å²) < 4.78 is 42.5. The lowest BCUT2D eigenvalue weighted by molar-refractivity contribution is -0.141. The van der Waals surface area contributed by atoms with Crippen LogP contribution in [0.15, 0.2) is 18.2 Å². The molecule has 1 heterocycles. The molecule has 0 aliphatic carbocycles. The number of alkyl halides is 3. The number of carboxylic acid groups (broad SMARTS) is 1. The van der Waals surface area contributed by atoms with Crippen molar-refractivity contribution < 1.29 is 27.8 Å². The lowest BCUT2D eigenvalue weighted by atomic mass is 10.2. The van der Waals surface area contributed by atoms with Gasteiger partial charge in [0.05, 0.1) is 6.61 Å². The molecule has 5 nitrogen and oxygen atoms in total. The van der Waals surface area contributed by atoms with Gasteiger partial charge in [-0.05, 0) is 18.2 Å². The third kappa shape index (κ3) is 4.88. The van der Waals surface area contributed by atoms with Gasteiger partial charge in [0.2, 0.25) is 0 Å². The fourth-order valence-electron chi connectivity index (χ4n) is 1.34. The number of nitrogens with zero attached hydrogens (tertiary/aromatic N) is 1. The number of ether oxygens (including phenoxy) is 1. The molecule has 20 heavy (non-hydrogen) atoms. The molecule has 1 rings (SSSR count). The van der Waals surface area contributed by atoms with E-state index in [1.807, 2.05) is 0 Å². The summed E-state index contributed by atoms with van der Waals surface area (Å²) in [6.07, 6.45) is -2.57. The quantitative estimate of drug-likeness (QED) is 0.621. The minimum absolute atomic E-state index is 0.0469. The van der Waals surface area contributed by atoms with Gasteiger partial charge in [-0.1, -0.05) is 0 Å². The van der Waals surface area contributed by atoms with E-state index in [4.69, 9.17) is 9.84 Å². The van der Waals surface area contributed by atoms with Gasteiger partial charge in [-0.25, -0.2) is 9.78 Å². The summed E-state index contributed by atoms with van der Waals surface area (Å²) in [6.45, 7) is 0.527. The molecule has 1 aromatic heterocycles. The van der Waals surface area contributed by atoms with E-state index in [0.717, 1.165) is 18.2 Å². The lowest BCUT2D eigenvalue weighted by Gasteiger charge is -2.12. The molecule has 2 N–H and O–H groups in total. The molecule has 8 heteroatoms. The molecule has 0 atom stereocenters. The zero-order chi connectivity index (χ0) is 15.2. The van der Waals surface area contributed by atoms with E-state index in [-0.39, 0.29) is 24.5 Å². The molecule has 0 fully saturated rings. The van der Waals surface area contributed by atoms with Crippen LogP contribution in [0.3, 0.4) is 0 Å². The number of halogens is 3. The molecular formula is C12H13F3N2O3. The van der Waals surface area contributed by atoms with Crippen molar-refractivity contribution in [2.24, 2.45) is 0 Å². The van der Waals surface area contributed by atoms with Crippen LogP contribution in [-0.4, -0.2) is 36.3 Å². The van der Waals surface area contributed by atoms with Gasteiger partial charge in [-0.15, -0.1) is 0 Å². The second kappa shape index (κ2) is 6.90. The topological polar surface area (TPSA) is 71.5 Å². The number of aliphatic carboxylic acids is 1. The highest BCUT2D eigenvalue weighted by atomic mass is 19.4. The maximum Gasteiger partial charge on any atom is 0.433 e. The van der Waals surface area contributed by atoms with Crippen LogP contribution in [0.1, 0.15) is 11.3 Å². The Hall–Kier alpha value is -2.09. The number of hydrogen-bond acceptors (Lipinski definition) is 4. The van der Waals surface area contributed by atoms with E-state index in [1.54, 1.807) is 0 Å². The molecular weight excluding hydrogens is 277 g/mol. The molecule has 0 aromatic carbocycles. The van der Waals surface area contributed by atoms with E-state index in [0.29, 0.717) is 0 Å². The highest BCUT2D eigenvalue weighted by Gasteiger charge is 2.32. The first-order chi connectivity index (χ1) is 9.34. The number of rotatable bonds is 6. The van der Waals surface area contributed by atoms with Crippen molar-refractivity contribution in [3.63, 3.8) is 0 Å². The molecule has 0 amide bonds. The number of pyridine rings is 1. The fraction of sp³-hybridized carbons (Fsp3) is 0.333. The Balaban J connectivity index is 3.06. The molecule has 1 aromatic rings. The number of anilines is 1. The molecule has 0 unspecified atom stereocenters. The number of aromatic nitrogens is 1. The van der Waals surface area contributed by atoms with Crippen molar-refractivity contribution in [2.45, 2.75) is 6.18 Å². The van der Waals surface area contributed by atoms with Crippen LogP contribution in [0.5, 0.6) is 0 Å². The number of carboxylic acids is 1. The van der Waals surface area contributed by atoms with Gasteiger partial charge in [0, 0.05) is 25.3 Å². The third-order valence-corrected chi connectivity index (χ3v) is 2.22. The smallest absolute Gasteiger partial charge is 0.433 e. The van der Waals surface area contributed by atoms with Crippen molar-refractivity contribution in [1.82, 2.24) is 4.98 Å². The molecule has 110 valence electrons. The zero-order valence-corrected chi connectivity index (χ0v) is 10.6. The fourth-order valence-corrected chi connectivity index (χ4v) is 1.34. The summed E-state index contributed by atoms with van der Waals surface area (Å²) in [7, 11) is 1.45. The van der Waals surface area contributed by atoms with Crippen molar-refractivity contribution in [3.8, 4) is 0 Å². The monoisotopic (exact) mass is 290 g/mol. The van der Waals surface area contributed by atoms with Gasteiger partial charge in [-0.2, -0.15) is 13.2 Å². The molecule has 0 bridgehead atoms. The molecule has 0 saturated carbocycles. The maximum absolute atomic E-state index is 12.6. The zero-order valence-electron chi connectivity index (χ0n) is 10.6. The molecule has 0 saturated heterocycles. The van der Waals surface area contributed by atoms with E-state index < -0.39 is 17.8 Å². The summed E-state index contributed by atoms with van der Waals surface area (Å²) in [4.78, 5) is 13.9. The molecule has 0 aliphatic heterocycles. The highest BCUT2D eigenvalue weighted by Crippen LogP contribution is 2.29. The lowest BCUT2D eigenvalue weighted by Crippen LogP contribution is -2.14. The van der Waals surface area contributed by atoms with Gasteiger partial charge in [0.15, 0.2) is 0 Å². The second-order valence-corrected chi connectivity index (χ2v) is 3.72. The Bertz CT molecular complexity index is 501. The van der Waals surface area contributed by atoms with Crippen LogP contribution in [0.4, 0.5) is 19.0 Å². The van der Waals surface area contributed by atoms with E-state index in [9.17, 15) is 18.0 Å². The van der Waals surface area contributed by atoms with Crippen LogP contribution in [0.25, 0.3) is 6.08 Å². The minimum atomic E-state index is -4.56. The van der Waals surface area contributed by atoms with Crippen LogP contribution in [0.2, 0.25) is 0 Å². The first-order valence-electron chi connectivity index (χ1n) is 5.56. The highest BCUT2D eigenvalue weighted by molar-refractivity contribution is 5.86. The van der Waals surface area contributed by atoms with Gasteiger partial charge in [0.25, 0.3) is 0 Å². The van der Waals surface area contributed by atoms with Crippen LogP contribution >= 0.6 is 0 Å². The number of methoxy groups -OCH3 is 1. The van der Waals surface area contributed by atoms with Crippen LogP contribution in [0, 0.1) is 0 Å². The van der Waals surface area contributed by atoms with Crippen LogP contribution in [-0.2, 0) is 15.7 Å².